The standard InChI is InChI=1S/C37H62N2O7/c1-21-19-23(30(33(5,6)43)44-22(2)40)45-28-27(21)34(7)15-16-37-20-36(37)14-13-26(46-31(42)38-17-18-39(9)10)32(3,4)24(36)11-12-25(37)35(34,8)29(28)41/h21,23-30,41,43H,11-20H2,1-10H3,(H,38,42)/t21-,23+,24+,25+,26+,27+,28+,29+,30+,34-,35-,36-,37+/m1/s1. The van der Waals surface area contributed by atoms with Gasteiger partial charge in [0.25, 0.3) is 0 Å². The van der Waals surface area contributed by atoms with Gasteiger partial charge in [-0.05, 0) is 119 Å². The minimum Gasteiger partial charge on any atom is -0.457 e. The third-order valence-electron chi connectivity index (χ3n) is 15.2. The highest BCUT2D eigenvalue weighted by Crippen LogP contribution is 2.89. The Hall–Kier alpha value is -1.42. The maximum absolute atomic E-state index is 12.8. The van der Waals surface area contributed by atoms with E-state index in [9.17, 15) is 19.8 Å². The van der Waals surface area contributed by atoms with E-state index in [2.05, 4.69) is 39.9 Å². The molecule has 9 nitrogen and oxygen atoms in total. The van der Waals surface area contributed by atoms with Crippen LogP contribution in [-0.4, -0.2) is 90.5 Å². The van der Waals surface area contributed by atoms with Gasteiger partial charge in [-0.25, -0.2) is 4.79 Å². The van der Waals surface area contributed by atoms with Gasteiger partial charge in [0.1, 0.15) is 6.10 Å². The van der Waals surface area contributed by atoms with Crippen molar-refractivity contribution >= 4 is 12.1 Å². The first-order valence-electron chi connectivity index (χ1n) is 18.1. The van der Waals surface area contributed by atoms with Gasteiger partial charge in [-0.3, -0.25) is 4.79 Å². The van der Waals surface area contributed by atoms with Crippen molar-refractivity contribution in [1.29, 1.82) is 0 Å². The molecule has 9 heteroatoms. The SMILES string of the molecule is CC(=O)O[C@@H]([C@@H]1C[C@@H](C)[C@H]2[C@H](O1)[C@H](O)[C@@]1(C)[C@@H]3CC[C@H]4C(C)(C)[C@@H](OC(=O)NCCN(C)C)CC[C@@]45C[C@@]35CC[C@]21C)C(C)(C)O. The molecule has 1 heterocycles. The largest absolute Gasteiger partial charge is 0.457 e. The van der Waals surface area contributed by atoms with E-state index < -0.39 is 29.9 Å². The van der Waals surface area contributed by atoms with Crippen LogP contribution in [0.1, 0.15) is 107 Å². The number of alkyl carbamates (subject to hydrolysis) is 1. The van der Waals surface area contributed by atoms with E-state index in [4.69, 9.17) is 14.2 Å². The second-order valence-corrected chi connectivity index (χ2v) is 18.4. The van der Waals surface area contributed by atoms with Crippen molar-refractivity contribution in [2.45, 2.75) is 143 Å². The first-order chi connectivity index (χ1) is 21.3. The Morgan fingerprint density at radius 2 is 1.70 bits per heavy atom. The van der Waals surface area contributed by atoms with Crippen molar-refractivity contribution in [3.05, 3.63) is 0 Å². The van der Waals surface area contributed by atoms with Gasteiger partial charge in [0, 0.05) is 30.8 Å². The highest BCUT2D eigenvalue weighted by Gasteiger charge is 2.84. The molecule has 2 spiro atoms. The molecule has 46 heavy (non-hydrogen) atoms. The number of hydrogen-bond acceptors (Lipinski definition) is 8. The summed E-state index contributed by atoms with van der Waals surface area (Å²) in [5, 5.41) is 26.4. The van der Waals surface area contributed by atoms with Crippen LogP contribution in [0.2, 0.25) is 0 Å². The zero-order valence-electron chi connectivity index (χ0n) is 30.2. The average molecular weight is 647 g/mol. The molecule has 3 N–H and O–H groups in total. The molecule has 1 amide bonds. The summed E-state index contributed by atoms with van der Waals surface area (Å²) in [6, 6.07) is 0. The number of nitrogens with zero attached hydrogens (tertiary/aromatic N) is 1. The molecule has 13 atom stereocenters. The second kappa shape index (κ2) is 11.0. The smallest absolute Gasteiger partial charge is 0.407 e. The van der Waals surface area contributed by atoms with Gasteiger partial charge in [-0.2, -0.15) is 0 Å². The van der Waals surface area contributed by atoms with Crippen LogP contribution in [0.5, 0.6) is 0 Å². The minimum atomic E-state index is -1.27. The average Bonchev–Trinajstić information content (AvgIpc) is 3.57. The Morgan fingerprint density at radius 1 is 1.04 bits per heavy atom. The topological polar surface area (TPSA) is 118 Å². The van der Waals surface area contributed by atoms with Crippen LogP contribution >= 0.6 is 0 Å². The third-order valence-corrected chi connectivity index (χ3v) is 15.2. The Morgan fingerprint density at radius 3 is 2.33 bits per heavy atom. The lowest BCUT2D eigenvalue weighted by molar-refractivity contribution is -0.216. The predicted octanol–water partition coefficient (Wildman–Crippen LogP) is 5.16. The van der Waals surface area contributed by atoms with E-state index in [0.717, 1.165) is 38.6 Å². The molecular formula is C37H62N2O7. The van der Waals surface area contributed by atoms with Crippen molar-refractivity contribution in [3.8, 4) is 0 Å². The number of nitrogens with one attached hydrogen (secondary N) is 1. The maximum atomic E-state index is 12.8. The van der Waals surface area contributed by atoms with Crippen LogP contribution in [0.25, 0.3) is 0 Å². The number of aliphatic hydroxyl groups excluding tert-OH is 1. The Bertz CT molecular complexity index is 1220. The molecule has 6 fully saturated rings. The summed E-state index contributed by atoms with van der Waals surface area (Å²) in [5.41, 5.74) is -1.35. The van der Waals surface area contributed by atoms with Gasteiger partial charge in [0.2, 0.25) is 0 Å². The van der Waals surface area contributed by atoms with Gasteiger partial charge in [0.05, 0.1) is 23.9 Å². The van der Waals surface area contributed by atoms with Crippen LogP contribution in [0.4, 0.5) is 4.79 Å². The monoisotopic (exact) mass is 646 g/mol. The number of carbonyl (C=O) groups is 2. The zero-order chi connectivity index (χ0) is 33.8. The predicted molar refractivity (Wildman–Crippen MR) is 175 cm³/mol. The Kier molecular flexibility index (Phi) is 8.27. The quantitative estimate of drug-likeness (QED) is 0.325. The van der Waals surface area contributed by atoms with Gasteiger partial charge in [-0.15, -0.1) is 0 Å². The van der Waals surface area contributed by atoms with Gasteiger partial charge >= 0.3 is 12.1 Å². The van der Waals surface area contributed by atoms with Crippen LogP contribution in [0.3, 0.4) is 0 Å². The summed E-state index contributed by atoms with van der Waals surface area (Å²) in [6.45, 7) is 17.8. The Balaban J connectivity index is 1.24. The van der Waals surface area contributed by atoms with Crippen LogP contribution in [-0.2, 0) is 19.0 Å². The number of ether oxygens (including phenoxy) is 3. The third kappa shape index (κ3) is 4.74. The lowest BCUT2D eigenvalue weighted by atomic mass is 9.41. The van der Waals surface area contributed by atoms with E-state index in [-0.39, 0.29) is 57.2 Å². The molecule has 0 unspecified atom stereocenters. The van der Waals surface area contributed by atoms with Crippen molar-refractivity contribution < 1.29 is 34.0 Å². The van der Waals surface area contributed by atoms with E-state index >= 15 is 0 Å². The summed E-state index contributed by atoms with van der Waals surface area (Å²) in [7, 11) is 3.99. The van der Waals surface area contributed by atoms with E-state index in [1.54, 1.807) is 13.8 Å². The van der Waals surface area contributed by atoms with Crippen molar-refractivity contribution in [2.24, 2.45) is 50.7 Å². The normalized spacial score (nSPS) is 47.8. The van der Waals surface area contributed by atoms with E-state index in [1.807, 2.05) is 19.0 Å². The van der Waals surface area contributed by atoms with Crippen LogP contribution in [0.15, 0.2) is 0 Å². The van der Waals surface area contributed by atoms with Crippen LogP contribution < -0.4 is 5.32 Å². The first-order valence-corrected chi connectivity index (χ1v) is 18.1. The molecule has 0 bridgehead atoms. The molecule has 1 aliphatic heterocycles. The van der Waals surface area contributed by atoms with Gasteiger partial charge in [0.15, 0.2) is 6.10 Å². The van der Waals surface area contributed by atoms with Gasteiger partial charge < -0.3 is 34.6 Å². The number of esters is 1. The van der Waals surface area contributed by atoms with Crippen molar-refractivity contribution in [3.63, 3.8) is 0 Å². The summed E-state index contributed by atoms with van der Waals surface area (Å²) in [6.07, 6.45) is 5.57. The summed E-state index contributed by atoms with van der Waals surface area (Å²) < 4.78 is 18.6. The lowest BCUT2D eigenvalue weighted by Crippen LogP contribution is -2.60. The molecule has 0 aromatic carbocycles. The van der Waals surface area contributed by atoms with Gasteiger partial charge in [-0.1, -0.05) is 34.6 Å². The Labute approximate surface area is 276 Å². The fourth-order valence-corrected chi connectivity index (χ4v) is 13.1. The number of hydrogen-bond donors (Lipinski definition) is 3. The summed E-state index contributed by atoms with van der Waals surface area (Å²) in [5.74, 6) is 0.885. The lowest BCUT2D eigenvalue weighted by Gasteiger charge is -2.63. The summed E-state index contributed by atoms with van der Waals surface area (Å²) >= 11 is 0. The number of fused-ring (bicyclic) bond motifs is 4. The van der Waals surface area contributed by atoms with E-state index in [0.29, 0.717) is 24.8 Å². The number of amides is 1. The number of aliphatic hydroxyl groups is 2. The minimum absolute atomic E-state index is 0.0832. The molecule has 5 aliphatic carbocycles. The molecule has 0 aromatic rings. The molecule has 0 aromatic heterocycles. The zero-order valence-corrected chi connectivity index (χ0v) is 30.2. The molecule has 1 saturated heterocycles. The second-order valence-electron chi connectivity index (χ2n) is 18.4. The molecule has 6 aliphatic rings. The van der Waals surface area contributed by atoms with Crippen molar-refractivity contribution in [2.75, 3.05) is 27.2 Å². The van der Waals surface area contributed by atoms with E-state index in [1.165, 1.54) is 19.8 Å². The molecule has 6 rings (SSSR count). The molecular weight excluding hydrogens is 584 g/mol. The highest BCUT2D eigenvalue weighted by molar-refractivity contribution is 5.67. The first kappa shape index (κ1) is 34.4. The fraction of sp³-hybridized carbons (Fsp3) is 0.946. The summed E-state index contributed by atoms with van der Waals surface area (Å²) in [4.78, 5) is 26.9. The fourth-order valence-electron chi connectivity index (χ4n) is 13.1. The molecule has 262 valence electrons. The number of rotatable bonds is 7. The van der Waals surface area contributed by atoms with Crippen LogP contribution in [0, 0.1) is 50.7 Å². The molecule has 0 radical (unpaired) electrons. The van der Waals surface area contributed by atoms with Crippen molar-refractivity contribution in [1.82, 2.24) is 10.2 Å². The number of likely N-dealkylation sites (N-methyl/N-ethyl adjacent to an activating group) is 1. The maximum Gasteiger partial charge on any atom is 0.407 e. The highest BCUT2D eigenvalue weighted by atomic mass is 16.6. The molecule has 5 saturated carbocycles. The number of carbonyl (C=O) groups excluding carboxylic acids is 2.